The quantitative estimate of drug-likeness (QED) is 0.151. The molecule has 0 saturated heterocycles. The molecule has 0 bridgehead atoms. The molecule has 42 heavy (non-hydrogen) atoms. The molecule has 0 fully saturated rings. The molecule has 2 amide bonds. The average molecular weight is 606 g/mol. The maximum absolute atomic E-state index is 13.9. The number of nitrogens with one attached hydrogen (secondary N) is 2. The molecular formula is C29H34ClF2N5O5. The second-order valence-electron chi connectivity index (χ2n) is 9.83. The lowest BCUT2D eigenvalue weighted by atomic mass is 10.1. The summed E-state index contributed by atoms with van der Waals surface area (Å²) in [6, 6.07) is 9.47. The summed E-state index contributed by atoms with van der Waals surface area (Å²) in [5.74, 6) is -1.56. The van der Waals surface area contributed by atoms with Crippen molar-refractivity contribution in [3.8, 4) is 0 Å². The third-order valence-electron chi connectivity index (χ3n) is 6.14. The number of esters is 1. The monoisotopic (exact) mass is 605 g/mol. The number of benzene rings is 2. The molecular weight excluding hydrogens is 572 g/mol. The van der Waals surface area contributed by atoms with Crippen molar-refractivity contribution in [3.05, 3.63) is 70.9 Å². The van der Waals surface area contributed by atoms with E-state index in [0.717, 1.165) is 0 Å². The van der Waals surface area contributed by atoms with Crippen LogP contribution in [0.4, 0.5) is 19.4 Å². The van der Waals surface area contributed by atoms with Crippen molar-refractivity contribution < 1.29 is 32.6 Å². The lowest BCUT2D eigenvalue weighted by Gasteiger charge is -2.31. The zero-order valence-electron chi connectivity index (χ0n) is 23.7. The van der Waals surface area contributed by atoms with Crippen molar-refractivity contribution in [2.75, 3.05) is 39.2 Å². The van der Waals surface area contributed by atoms with Crippen molar-refractivity contribution >= 4 is 46.2 Å². The van der Waals surface area contributed by atoms with Gasteiger partial charge in [-0.3, -0.25) is 24.8 Å². The Morgan fingerprint density at radius 3 is 2.57 bits per heavy atom. The van der Waals surface area contributed by atoms with Crippen LogP contribution >= 0.6 is 11.6 Å². The molecule has 2 aromatic carbocycles. The Morgan fingerprint density at radius 1 is 1.05 bits per heavy atom. The molecule has 13 heteroatoms. The van der Waals surface area contributed by atoms with Crippen LogP contribution < -0.4 is 10.7 Å². The minimum absolute atomic E-state index is 0.0403. The summed E-state index contributed by atoms with van der Waals surface area (Å²) < 4.78 is 38.2. The summed E-state index contributed by atoms with van der Waals surface area (Å²) in [6.07, 6.45) is 2.11. The number of unbranched alkanes of at least 4 members (excludes halogenated alkanes) is 1. The second kappa shape index (κ2) is 15.9. The van der Waals surface area contributed by atoms with Gasteiger partial charge in [0.1, 0.15) is 24.1 Å². The molecule has 226 valence electrons. The molecule has 1 unspecified atom stereocenters. The van der Waals surface area contributed by atoms with Crippen LogP contribution in [0.2, 0.25) is 5.02 Å². The maximum atomic E-state index is 13.9. The normalized spacial score (nSPS) is 11.8. The molecule has 1 atom stereocenters. The first kappa shape index (κ1) is 32.6. The van der Waals surface area contributed by atoms with Crippen LogP contribution in [0.1, 0.15) is 31.7 Å². The molecule has 3 aromatic rings. The topological polar surface area (TPSA) is 113 Å². The van der Waals surface area contributed by atoms with Crippen LogP contribution in [0, 0.1) is 11.6 Å². The van der Waals surface area contributed by atoms with Gasteiger partial charge in [0.25, 0.3) is 0 Å². The highest BCUT2D eigenvalue weighted by Crippen LogP contribution is 2.21. The molecule has 1 aromatic heterocycles. The second-order valence-corrected chi connectivity index (χ2v) is 10.2. The van der Waals surface area contributed by atoms with E-state index in [1.54, 1.807) is 31.1 Å². The fourth-order valence-corrected chi connectivity index (χ4v) is 4.30. The van der Waals surface area contributed by atoms with Crippen LogP contribution in [0.3, 0.4) is 0 Å². The fraction of sp³-hybridized carbons (Fsp3) is 0.379. The van der Waals surface area contributed by atoms with E-state index in [-0.39, 0.29) is 49.0 Å². The van der Waals surface area contributed by atoms with Gasteiger partial charge >= 0.3 is 12.1 Å². The maximum Gasteiger partial charge on any atom is 0.412 e. The van der Waals surface area contributed by atoms with Gasteiger partial charge in [0.15, 0.2) is 0 Å². The number of fused-ring (bicyclic) bond motifs is 1. The minimum Gasteiger partial charge on any atom is -0.465 e. The van der Waals surface area contributed by atoms with E-state index < -0.39 is 23.8 Å². The average Bonchev–Trinajstić information content (AvgIpc) is 2.92. The summed E-state index contributed by atoms with van der Waals surface area (Å²) in [4.78, 5) is 42.9. The lowest BCUT2D eigenvalue weighted by Crippen LogP contribution is -2.50. The number of pyridine rings is 1. The highest BCUT2D eigenvalue weighted by Gasteiger charge is 2.23. The van der Waals surface area contributed by atoms with E-state index in [4.69, 9.17) is 21.1 Å². The molecule has 0 spiro atoms. The Kier molecular flexibility index (Phi) is 12.4. The number of amides is 2. The molecule has 0 aliphatic rings. The first-order chi connectivity index (χ1) is 20.0. The van der Waals surface area contributed by atoms with E-state index >= 15 is 0 Å². The van der Waals surface area contributed by atoms with E-state index in [1.807, 2.05) is 0 Å². The summed E-state index contributed by atoms with van der Waals surface area (Å²) in [5, 5.41) is 5.00. The predicted molar refractivity (Wildman–Crippen MR) is 155 cm³/mol. The van der Waals surface area contributed by atoms with Crippen LogP contribution in [-0.4, -0.2) is 72.8 Å². The van der Waals surface area contributed by atoms with Crippen LogP contribution in [0.5, 0.6) is 0 Å². The number of hydrogen-bond donors (Lipinski definition) is 2. The SMILES string of the molecule is CC(=O)N(NCc1cccc(F)c1Cl)C(CCCCOC(=O)CN(C)C)COC(=O)Nc1cc2cc(F)ccc2cn1. The fourth-order valence-electron chi connectivity index (χ4n) is 4.10. The van der Waals surface area contributed by atoms with E-state index in [1.165, 1.54) is 48.5 Å². The van der Waals surface area contributed by atoms with Crippen LogP contribution in [0.15, 0.2) is 48.7 Å². The Hall–Kier alpha value is -3.87. The van der Waals surface area contributed by atoms with Gasteiger partial charge in [-0.05, 0) is 74.6 Å². The summed E-state index contributed by atoms with van der Waals surface area (Å²) in [7, 11) is 3.52. The highest BCUT2D eigenvalue weighted by atomic mass is 35.5. The molecule has 10 nitrogen and oxygen atoms in total. The van der Waals surface area contributed by atoms with Crippen molar-refractivity contribution in [1.82, 2.24) is 20.3 Å². The molecule has 2 N–H and O–H groups in total. The minimum atomic E-state index is -0.822. The van der Waals surface area contributed by atoms with Gasteiger partial charge in [0.2, 0.25) is 5.91 Å². The van der Waals surface area contributed by atoms with Crippen molar-refractivity contribution in [2.24, 2.45) is 0 Å². The molecule has 0 radical (unpaired) electrons. The lowest BCUT2D eigenvalue weighted by molar-refractivity contribution is -0.144. The molecule has 0 aliphatic carbocycles. The number of aromatic nitrogens is 1. The number of anilines is 1. The number of likely N-dealkylation sites (N-methyl/N-ethyl adjacent to an activating group) is 1. The zero-order valence-corrected chi connectivity index (χ0v) is 24.4. The van der Waals surface area contributed by atoms with Crippen molar-refractivity contribution in [3.63, 3.8) is 0 Å². The molecule has 0 aliphatic heterocycles. The summed E-state index contributed by atoms with van der Waals surface area (Å²) in [5.41, 5.74) is 3.40. The van der Waals surface area contributed by atoms with Crippen molar-refractivity contribution in [1.29, 1.82) is 0 Å². The van der Waals surface area contributed by atoms with Gasteiger partial charge in [-0.15, -0.1) is 0 Å². The van der Waals surface area contributed by atoms with Gasteiger partial charge in [-0.2, -0.15) is 0 Å². The summed E-state index contributed by atoms with van der Waals surface area (Å²) >= 11 is 6.07. The number of hydrogen-bond acceptors (Lipinski definition) is 8. The van der Waals surface area contributed by atoms with E-state index in [9.17, 15) is 23.2 Å². The van der Waals surface area contributed by atoms with E-state index in [2.05, 4.69) is 15.7 Å². The van der Waals surface area contributed by atoms with Crippen molar-refractivity contribution in [2.45, 2.75) is 38.8 Å². The molecule has 3 rings (SSSR count). The first-order valence-electron chi connectivity index (χ1n) is 13.3. The standard InChI is InChI=1S/C29H34ClF2N5O5/c1-19(38)37(34-16-21-7-6-9-25(32)28(21)30)24(8-4-5-12-41-27(39)17-36(2)3)18-42-29(40)35-26-14-22-13-23(31)11-10-20(22)15-33-26/h6-7,9-11,13-15,24,34H,4-5,8,12,16-18H2,1-3H3,(H,33,35,40). The van der Waals surface area contributed by atoms with Gasteiger partial charge < -0.3 is 9.47 Å². The Labute approximate surface area is 247 Å². The number of nitrogens with zero attached hydrogens (tertiary/aromatic N) is 3. The highest BCUT2D eigenvalue weighted by molar-refractivity contribution is 6.31. The first-order valence-corrected chi connectivity index (χ1v) is 13.7. The zero-order chi connectivity index (χ0) is 30.6. The van der Waals surface area contributed by atoms with Gasteiger partial charge in [0.05, 0.1) is 24.2 Å². The van der Waals surface area contributed by atoms with Gasteiger partial charge in [0, 0.05) is 25.1 Å². The Bertz CT molecular complexity index is 1390. The molecule has 1 heterocycles. The number of rotatable bonds is 14. The number of hydrazine groups is 1. The molecule has 0 saturated carbocycles. The Balaban J connectivity index is 1.64. The third kappa shape index (κ3) is 10.2. The smallest absolute Gasteiger partial charge is 0.412 e. The van der Waals surface area contributed by atoms with Gasteiger partial charge in [-0.1, -0.05) is 23.7 Å². The predicted octanol–water partition coefficient (Wildman–Crippen LogP) is 4.91. The van der Waals surface area contributed by atoms with Crippen LogP contribution in [-0.2, 0) is 25.6 Å². The number of ether oxygens (including phenoxy) is 2. The Morgan fingerprint density at radius 2 is 1.83 bits per heavy atom. The number of carbonyl (C=O) groups is 3. The van der Waals surface area contributed by atoms with E-state index in [0.29, 0.717) is 35.6 Å². The largest absolute Gasteiger partial charge is 0.465 e. The number of carbonyl (C=O) groups excluding carboxylic acids is 3. The number of halogens is 3. The van der Waals surface area contributed by atoms with Gasteiger partial charge in [-0.25, -0.2) is 24.0 Å². The van der Waals surface area contributed by atoms with Crippen LogP contribution in [0.25, 0.3) is 10.8 Å². The summed E-state index contributed by atoms with van der Waals surface area (Å²) in [6.45, 7) is 1.55. The third-order valence-corrected chi connectivity index (χ3v) is 6.56.